The van der Waals surface area contributed by atoms with E-state index in [-0.39, 0.29) is 11.7 Å². The number of rotatable bonds is 10. The van der Waals surface area contributed by atoms with Crippen molar-refractivity contribution < 1.29 is 19.0 Å². The maximum Gasteiger partial charge on any atom is 0.230 e. The summed E-state index contributed by atoms with van der Waals surface area (Å²) in [6.45, 7) is 3.10. The highest BCUT2D eigenvalue weighted by atomic mass is 32.2. The molecule has 0 radical (unpaired) electrons. The van der Waals surface area contributed by atoms with E-state index in [0.717, 1.165) is 21.6 Å². The van der Waals surface area contributed by atoms with Crippen LogP contribution in [0.1, 0.15) is 12.5 Å². The lowest BCUT2D eigenvalue weighted by atomic mass is 10.1. The minimum atomic E-state index is -0.105. The summed E-state index contributed by atoms with van der Waals surface area (Å²) in [6, 6.07) is 3.52. The third-order valence-corrected chi connectivity index (χ3v) is 5.34. The Bertz CT molecular complexity index is 739. The highest BCUT2D eigenvalue weighted by molar-refractivity contribution is 8.01. The van der Waals surface area contributed by atoms with E-state index in [2.05, 4.69) is 20.8 Å². The van der Waals surface area contributed by atoms with E-state index in [1.165, 1.54) is 23.1 Å². The third kappa shape index (κ3) is 5.40. The quantitative estimate of drug-likeness (QED) is 0.589. The Morgan fingerprint density at radius 2 is 1.81 bits per heavy atom. The van der Waals surface area contributed by atoms with Crippen LogP contribution in [-0.2, 0) is 11.3 Å². The standard InChI is InChI=1S/C16H22N4O4S2/c1-5-17-15-19-20-16(26-15)25-9-14(21)18-8-10-6-12(23-3)13(24-4)7-11(10)22-2/h6-7H,5,8-9H2,1-4H3,(H,17,19)(H,18,21). The van der Waals surface area contributed by atoms with Crippen LogP contribution in [0.4, 0.5) is 5.13 Å². The summed E-state index contributed by atoms with van der Waals surface area (Å²) in [6.07, 6.45) is 0. The number of ether oxygens (including phenoxy) is 3. The van der Waals surface area contributed by atoms with Crippen molar-refractivity contribution in [2.75, 3.05) is 38.9 Å². The zero-order valence-corrected chi connectivity index (χ0v) is 16.8. The number of methoxy groups -OCH3 is 3. The zero-order chi connectivity index (χ0) is 18.9. The van der Waals surface area contributed by atoms with Crippen LogP contribution in [0, 0.1) is 0 Å². The molecule has 0 bridgehead atoms. The lowest BCUT2D eigenvalue weighted by molar-refractivity contribution is -0.118. The summed E-state index contributed by atoms with van der Waals surface area (Å²) in [5, 5.41) is 14.7. The molecule has 2 aromatic rings. The van der Waals surface area contributed by atoms with Crippen LogP contribution in [0.15, 0.2) is 16.5 Å². The van der Waals surface area contributed by atoms with Gasteiger partial charge < -0.3 is 24.8 Å². The first kappa shape index (κ1) is 20.1. The molecule has 0 aliphatic heterocycles. The molecular weight excluding hydrogens is 376 g/mol. The molecule has 0 saturated heterocycles. The van der Waals surface area contributed by atoms with Crippen molar-refractivity contribution in [2.45, 2.75) is 17.8 Å². The van der Waals surface area contributed by atoms with Gasteiger partial charge in [-0.3, -0.25) is 4.79 Å². The van der Waals surface area contributed by atoms with Crippen molar-refractivity contribution in [1.82, 2.24) is 15.5 Å². The highest BCUT2D eigenvalue weighted by Gasteiger charge is 2.13. The van der Waals surface area contributed by atoms with Gasteiger partial charge in [0, 0.05) is 24.7 Å². The Labute approximate surface area is 160 Å². The molecular formula is C16H22N4O4S2. The second-order valence-electron chi connectivity index (χ2n) is 4.99. The lowest BCUT2D eigenvalue weighted by Gasteiger charge is -2.14. The minimum absolute atomic E-state index is 0.105. The summed E-state index contributed by atoms with van der Waals surface area (Å²) >= 11 is 2.78. The molecule has 0 atom stereocenters. The average Bonchev–Trinajstić information content (AvgIpc) is 3.11. The van der Waals surface area contributed by atoms with Gasteiger partial charge >= 0.3 is 0 Å². The molecule has 0 saturated carbocycles. The highest BCUT2D eigenvalue weighted by Crippen LogP contribution is 2.34. The number of amides is 1. The number of benzene rings is 1. The van der Waals surface area contributed by atoms with E-state index in [1.54, 1.807) is 33.5 Å². The molecule has 26 heavy (non-hydrogen) atoms. The van der Waals surface area contributed by atoms with Gasteiger partial charge in [0.1, 0.15) is 5.75 Å². The van der Waals surface area contributed by atoms with Crippen molar-refractivity contribution >= 4 is 34.1 Å². The predicted molar refractivity (Wildman–Crippen MR) is 103 cm³/mol. The lowest BCUT2D eigenvalue weighted by Crippen LogP contribution is -2.24. The van der Waals surface area contributed by atoms with Crippen LogP contribution >= 0.6 is 23.1 Å². The fourth-order valence-electron chi connectivity index (χ4n) is 2.09. The van der Waals surface area contributed by atoms with Crippen molar-refractivity contribution in [2.24, 2.45) is 0 Å². The van der Waals surface area contributed by atoms with Gasteiger partial charge in [-0.05, 0) is 13.0 Å². The summed E-state index contributed by atoms with van der Waals surface area (Å²) in [4.78, 5) is 12.1. The van der Waals surface area contributed by atoms with Crippen LogP contribution < -0.4 is 24.8 Å². The number of aromatic nitrogens is 2. The van der Waals surface area contributed by atoms with Gasteiger partial charge in [0.15, 0.2) is 15.8 Å². The molecule has 0 aliphatic carbocycles. The molecule has 2 N–H and O–H groups in total. The number of carbonyl (C=O) groups excluding carboxylic acids is 1. The zero-order valence-electron chi connectivity index (χ0n) is 15.1. The topological polar surface area (TPSA) is 94.6 Å². The fraction of sp³-hybridized carbons (Fsp3) is 0.438. The molecule has 10 heteroatoms. The number of nitrogens with one attached hydrogen (secondary N) is 2. The number of anilines is 1. The summed E-state index contributed by atoms with van der Waals surface area (Å²) in [5.74, 6) is 1.93. The van der Waals surface area contributed by atoms with E-state index in [9.17, 15) is 4.79 Å². The number of nitrogens with zero attached hydrogens (tertiary/aromatic N) is 2. The Morgan fingerprint density at radius 3 is 2.46 bits per heavy atom. The molecule has 0 aliphatic rings. The Kier molecular flexibility index (Phi) is 7.79. The van der Waals surface area contributed by atoms with Gasteiger partial charge in [-0.15, -0.1) is 10.2 Å². The predicted octanol–water partition coefficient (Wildman–Crippen LogP) is 2.40. The second kappa shape index (κ2) is 10.1. The van der Waals surface area contributed by atoms with Crippen LogP contribution in [0.5, 0.6) is 17.2 Å². The summed E-state index contributed by atoms with van der Waals surface area (Å²) in [5.41, 5.74) is 0.800. The minimum Gasteiger partial charge on any atom is -0.496 e. The van der Waals surface area contributed by atoms with Gasteiger partial charge in [-0.1, -0.05) is 23.1 Å². The van der Waals surface area contributed by atoms with Crippen molar-refractivity contribution in [3.05, 3.63) is 17.7 Å². The van der Waals surface area contributed by atoms with Crippen molar-refractivity contribution in [3.8, 4) is 17.2 Å². The first-order chi connectivity index (χ1) is 12.6. The van der Waals surface area contributed by atoms with E-state index >= 15 is 0 Å². The number of hydrogen-bond donors (Lipinski definition) is 2. The van der Waals surface area contributed by atoms with E-state index < -0.39 is 0 Å². The maximum absolute atomic E-state index is 12.1. The molecule has 1 amide bonds. The van der Waals surface area contributed by atoms with Crippen molar-refractivity contribution in [1.29, 1.82) is 0 Å². The molecule has 0 unspecified atom stereocenters. The molecule has 1 heterocycles. The number of thioether (sulfide) groups is 1. The van der Waals surface area contributed by atoms with Gasteiger partial charge in [0.05, 0.1) is 27.1 Å². The molecule has 1 aromatic carbocycles. The number of carbonyl (C=O) groups is 1. The van der Waals surface area contributed by atoms with E-state index in [0.29, 0.717) is 23.8 Å². The Balaban J connectivity index is 1.91. The van der Waals surface area contributed by atoms with Gasteiger partial charge in [0.25, 0.3) is 0 Å². The molecule has 8 nitrogen and oxygen atoms in total. The molecule has 0 fully saturated rings. The van der Waals surface area contributed by atoms with Gasteiger partial charge in [-0.2, -0.15) is 0 Å². The molecule has 2 rings (SSSR count). The SMILES string of the molecule is CCNc1nnc(SCC(=O)NCc2cc(OC)c(OC)cc2OC)s1. The van der Waals surface area contributed by atoms with Gasteiger partial charge in [-0.25, -0.2) is 0 Å². The number of hydrogen-bond acceptors (Lipinski definition) is 9. The van der Waals surface area contributed by atoms with Gasteiger partial charge in [0.2, 0.25) is 11.0 Å². The van der Waals surface area contributed by atoms with Crippen molar-refractivity contribution in [3.63, 3.8) is 0 Å². The average molecular weight is 399 g/mol. The molecule has 142 valence electrons. The third-order valence-electron chi connectivity index (χ3n) is 3.32. The normalized spacial score (nSPS) is 10.3. The van der Waals surface area contributed by atoms with Crippen LogP contribution in [0.2, 0.25) is 0 Å². The smallest absolute Gasteiger partial charge is 0.230 e. The van der Waals surface area contributed by atoms with Crippen LogP contribution in [0.3, 0.4) is 0 Å². The Hall–Kier alpha value is -2.20. The Morgan fingerprint density at radius 1 is 1.12 bits per heavy atom. The monoisotopic (exact) mass is 398 g/mol. The first-order valence-corrected chi connectivity index (χ1v) is 9.67. The van der Waals surface area contributed by atoms with E-state index in [1.807, 2.05) is 6.92 Å². The molecule has 0 spiro atoms. The fourth-order valence-corrected chi connectivity index (χ4v) is 3.74. The first-order valence-electron chi connectivity index (χ1n) is 7.87. The maximum atomic E-state index is 12.1. The molecule has 1 aromatic heterocycles. The van der Waals surface area contributed by atoms with Crippen LogP contribution in [-0.4, -0.2) is 49.7 Å². The summed E-state index contributed by atoms with van der Waals surface area (Å²) < 4.78 is 16.7. The second-order valence-corrected chi connectivity index (χ2v) is 7.19. The summed E-state index contributed by atoms with van der Waals surface area (Å²) in [7, 11) is 4.69. The van der Waals surface area contributed by atoms with Crippen LogP contribution in [0.25, 0.3) is 0 Å². The van der Waals surface area contributed by atoms with E-state index in [4.69, 9.17) is 14.2 Å². The largest absolute Gasteiger partial charge is 0.496 e.